The zero-order valence-corrected chi connectivity index (χ0v) is 11.4. The molecule has 0 heterocycles. The van der Waals surface area contributed by atoms with Gasteiger partial charge in [0.25, 0.3) is 0 Å². The molecule has 96 valence electrons. The van der Waals surface area contributed by atoms with Crippen LogP contribution in [-0.4, -0.2) is 45.3 Å². The highest BCUT2D eigenvalue weighted by molar-refractivity contribution is 5.21. The molecule has 1 rings (SSSR count). The van der Waals surface area contributed by atoms with Gasteiger partial charge < -0.3 is 10.1 Å². The van der Waals surface area contributed by atoms with Crippen LogP contribution in [0.5, 0.6) is 0 Å². The fraction of sp³-hybridized carbons (Fsp3) is 0.571. The molecule has 3 heteroatoms. The Kier molecular flexibility index (Phi) is 6.19. The minimum Gasteiger partial charge on any atom is -0.383 e. The number of nitrogens with one attached hydrogen (secondary N) is 1. The normalized spacial score (nSPS) is 13.0. The first-order valence-corrected chi connectivity index (χ1v) is 6.06. The number of likely N-dealkylation sites (N-methyl/N-ethyl adjacent to an activating group) is 2. The third kappa shape index (κ3) is 4.86. The van der Waals surface area contributed by atoms with Gasteiger partial charge in [0, 0.05) is 26.2 Å². The first-order valence-electron chi connectivity index (χ1n) is 6.06. The monoisotopic (exact) mass is 236 g/mol. The van der Waals surface area contributed by atoms with Crippen LogP contribution in [0.3, 0.4) is 0 Å². The van der Waals surface area contributed by atoms with Gasteiger partial charge in [-0.25, -0.2) is 0 Å². The van der Waals surface area contributed by atoms with Crippen LogP contribution < -0.4 is 5.32 Å². The van der Waals surface area contributed by atoms with Crippen molar-refractivity contribution in [2.75, 3.05) is 34.4 Å². The summed E-state index contributed by atoms with van der Waals surface area (Å²) < 4.78 is 5.25. The van der Waals surface area contributed by atoms with E-state index in [0.717, 1.165) is 19.7 Å². The lowest BCUT2D eigenvalue weighted by molar-refractivity contribution is 0.102. The molecule has 1 unspecified atom stereocenters. The lowest BCUT2D eigenvalue weighted by atomic mass is 10.1. The maximum absolute atomic E-state index is 5.25. The van der Waals surface area contributed by atoms with Crippen molar-refractivity contribution in [3.63, 3.8) is 0 Å². The average Bonchev–Trinajstić information content (AvgIpc) is 2.32. The molecule has 0 spiro atoms. The van der Waals surface area contributed by atoms with Crippen LogP contribution >= 0.6 is 0 Å². The third-order valence-electron chi connectivity index (χ3n) is 2.97. The van der Waals surface area contributed by atoms with Gasteiger partial charge in [0.1, 0.15) is 0 Å². The highest BCUT2D eigenvalue weighted by Crippen LogP contribution is 2.08. The summed E-state index contributed by atoms with van der Waals surface area (Å²) in [6.07, 6.45) is 0. The molecule has 0 saturated heterocycles. The second-order valence-corrected chi connectivity index (χ2v) is 4.57. The fourth-order valence-corrected chi connectivity index (χ4v) is 1.88. The summed E-state index contributed by atoms with van der Waals surface area (Å²) >= 11 is 0. The van der Waals surface area contributed by atoms with E-state index in [1.165, 1.54) is 11.1 Å². The molecule has 1 aromatic rings. The molecule has 0 aliphatic rings. The number of hydrogen-bond donors (Lipinski definition) is 1. The molecule has 0 aromatic heterocycles. The van der Waals surface area contributed by atoms with Crippen molar-refractivity contribution in [2.45, 2.75) is 19.5 Å². The van der Waals surface area contributed by atoms with Crippen LogP contribution in [0.4, 0.5) is 0 Å². The predicted molar refractivity (Wildman–Crippen MR) is 72.2 cm³/mol. The van der Waals surface area contributed by atoms with E-state index in [2.05, 4.69) is 48.5 Å². The first kappa shape index (κ1) is 14.2. The predicted octanol–water partition coefficient (Wildman–Crippen LogP) is 1.66. The Hall–Kier alpha value is -0.900. The van der Waals surface area contributed by atoms with Gasteiger partial charge in [-0.3, -0.25) is 4.90 Å². The third-order valence-corrected chi connectivity index (χ3v) is 2.97. The van der Waals surface area contributed by atoms with E-state index in [1.807, 2.05) is 7.05 Å². The maximum atomic E-state index is 5.25. The Morgan fingerprint density at radius 2 is 1.94 bits per heavy atom. The molecule has 0 aliphatic carbocycles. The van der Waals surface area contributed by atoms with Crippen LogP contribution in [0.25, 0.3) is 0 Å². The average molecular weight is 236 g/mol. The quantitative estimate of drug-likeness (QED) is 0.779. The minimum absolute atomic E-state index is 0.409. The Morgan fingerprint density at radius 3 is 2.47 bits per heavy atom. The van der Waals surface area contributed by atoms with Crippen LogP contribution in [0.15, 0.2) is 24.3 Å². The second kappa shape index (κ2) is 7.43. The van der Waals surface area contributed by atoms with Crippen molar-refractivity contribution in [2.24, 2.45) is 0 Å². The van der Waals surface area contributed by atoms with Gasteiger partial charge in [0.2, 0.25) is 0 Å². The smallest absolute Gasteiger partial charge is 0.0630 e. The van der Waals surface area contributed by atoms with E-state index < -0.39 is 0 Å². The van der Waals surface area contributed by atoms with Crippen molar-refractivity contribution < 1.29 is 4.74 Å². The highest BCUT2D eigenvalue weighted by atomic mass is 16.5. The highest BCUT2D eigenvalue weighted by Gasteiger charge is 2.13. The summed E-state index contributed by atoms with van der Waals surface area (Å²) in [6.45, 7) is 4.76. The second-order valence-electron chi connectivity index (χ2n) is 4.57. The van der Waals surface area contributed by atoms with E-state index in [4.69, 9.17) is 4.74 Å². The van der Waals surface area contributed by atoms with Gasteiger partial charge in [-0.2, -0.15) is 0 Å². The molecule has 0 fully saturated rings. The van der Waals surface area contributed by atoms with Gasteiger partial charge in [-0.15, -0.1) is 0 Å². The summed E-state index contributed by atoms with van der Waals surface area (Å²) in [5.74, 6) is 0. The molecule has 0 bridgehead atoms. The number of nitrogens with zero attached hydrogens (tertiary/aromatic N) is 1. The van der Waals surface area contributed by atoms with E-state index in [9.17, 15) is 0 Å². The summed E-state index contributed by atoms with van der Waals surface area (Å²) in [4.78, 5) is 2.32. The van der Waals surface area contributed by atoms with Gasteiger partial charge >= 0.3 is 0 Å². The Balaban J connectivity index is 2.55. The largest absolute Gasteiger partial charge is 0.383 e. The molecule has 17 heavy (non-hydrogen) atoms. The van der Waals surface area contributed by atoms with Gasteiger partial charge in [0.05, 0.1) is 6.61 Å². The Bertz CT molecular complexity index is 305. The van der Waals surface area contributed by atoms with Crippen LogP contribution in [0.2, 0.25) is 0 Å². The number of hydrogen-bond acceptors (Lipinski definition) is 3. The number of rotatable bonds is 7. The lowest BCUT2D eigenvalue weighted by Gasteiger charge is -2.27. The van der Waals surface area contributed by atoms with Crippen molar-refractivity contribution in [1.82, 2.24) is 10.2 Å². The van der Waals surface area contributed by atoms with Crippen molar-refractivity contribution in [1.29, 1.82) is 0 Å². The van der Waals surface area contributed by atoms with Crippen molar-refractivity contribution in [3.05, 3.63) is 35.4 Å². The zero-order valence-electron chi connectivity index (χ0n) is 11.4. The number of methoxy groups -OCH3 is 1. The van der Waals surface area contributed by atoms with Gasteiger partial charge in [-0.1, -0.05) is 29.8 Å². The first-order chi connectivity index (χ1) is 8.17. The molecule has 1 atom stereocenters. The Morgan fingerprint density at radius 1 is 1.29 bits per heavy atom. The van der Waals surface area contributed by atoms with Crippen molar-refractivity contribution >= 4 is 0 Å². The van der Waals surface area contributed by atoms with Gasteiger partial charge in [0.15, 0.2) is 0 Å². The molecule has 0 radical (unpaired) electrons. The number of ether oxygens (including phenoxy) is 1. The SMILES string of the molecule is CNCC(COC)N(C)Cc1ccc(C)cc1. The number of aryl methyl sites for hydroxylation is 1. The van der Waals surface area contributed by atoms with Crippen LogP contribution in [-0.2, 0) is 11.3 Å². The fourth-order valence-electron chi connectivity index (χ4n) is 1.88. The molecule has 3 nitrogen and oxygen atoms in total. The topological polar surface area (TPSA) is 24.5 Å². The molecule has 0 amide bonds. The van der Waals surface area contributed by atoms with E-state index >= 15 is 0 Å². The summed E-state index contributed by atoms with van der Waals surface area (Å²) in [6, 6.07) is 9.11. The molecule has 0 aliphatic heterocycles. The summed E-state index contributed by atoms with van der Waals surface area (Å²) in [7, 11) is 5.87. The van der Waals surface area contributed by atoms with Gasteiger partial charge in [-0.05, 0) is 26.6 Å². The molecule has 1 N–H and O–H groups in total. The minimum atomic E-state index is 0.409. The van der Waals surface area contributed by atoms with Crippen molar-refractivity contribution in [3.8, 4) is 0 Å². The molecular formula is C14H24N2O. The molecular weight excluding hydrogens is 212 g/mol. The summed E-state index contributed by atoms with van der Waals surface area (Å²) in [5.41, 5.74) is 2.65. The van der Waals surface area contributed by atoms with Crippen LogP contribution in [0, 0.1) is 6.92 Å². The maximum Gasteiger partial charge on any atom is 0.0630 e. The summed E-state index contributed by atoms with van der Waals surface area (Å²) in [5, 5.41) is 3.21. The Labute approximate surface area is 105 Å². The van der Waals surface area contributed by atoms with E-state index in [1.54, 1.807) is 7.11 Å². The standard InChI is InChI=1S/C14H24N2O/c1-12-5-7-13(8-6-12)10-16(3)14(9-15-2)11-17-4/h5-8,14-15H,9-11H2,1-4H3. The molecule has 1 aromatic carbocycles. The number of benzene rings is 1. The van der Waals surface area contributed by atoms with E-state index in [0.29, 0.717) is 6.04 Å². The van der Waals surface area contributed by atoms with E-state index in [-0.39, 0.29) is 0 Å². The molecule has 0 saturated carbocycles. The zero-order chi connectivity index (χ0) is 12.7. The lowest BCUT2D eigenvalue weighted by Crippen LogP contribution is -2.41. The van der Waals surface area contributed by atoms with Crippen LogP contribution in [0.1, 0.15) is 11.1 Å².